The van der Waals surface area contributed by atoms with Crippen LogP contribution in [0.4, 0.5) is 0 Å². The third kappa shape index (κ3) is 1.13. The molecule has 1 aliphatic carbocycles. The van der Waals surface area contributed by atoms with Crippen molar-refractivity contribution >= 4 is 0 Å². The van der Waals surface area contributed by atoms with Crippen LogP contribution in [0.3, 0.4) is 0 Å². The zero-order valence-electron chi connectivity index (χ0n) is 5.89. The first kappa shape index (κ1) is 6.35. The standard InChI is InChI=1S/C8H11N/c1-6-3-7(2)8(4-6)5-9/h4,7-8H,3H2,1-2H3/t7-,8?/m0/s1. The number of nitriles is 1. The number of allylic oxidation sites excluding steroid dienone is 2. The van der Waals surface area contributed by atoms with E-state index in [0.29, 0.717) is 5.92 Å². The van der Waals surface area contributed by atoms with Gasteiger partial charge in [-0.25, -0.2) is 0 Å². The first-order valence-electron chi connectivity index (χ1n) is 3.31. The number of hydrogen-bond acceptors (Lipinski definition) is 1. The van der Waals surface area contributed by atoms with E-state index >= 15 is 0 Å². The topological polar surface area (TPSA) is 23.8 Å². The van der Waals surface area contributed by atoms with Crippen molar-refractivity contribution in [3.63, 3.8) is 0 Å². The Morgan fingerprint density at radius 1 is 1.78 bits per heavy atom. The molecule has 9 heavy (non-hydrogen) atoms. The summed E-state index contributed by atoms with van der Waals surface area (Å²) in [6.45, 7) is 4.22. The molecule has 0 aromatic rings. The molecule has 1 unspecified atom stereocenters. The first-order valence-corrected chi connectivity index (χ1v) is 3.31. The summed E-state index contributed by atoms with van der Waals surface area (Å²) >= 11 is 0. The van der Waals surface area contributed by atoms with Crippen LogP contribution >= 0.6 is 0 Å². The summed E-state index contributed by atoms with van der Waals surface area (Å²) in [5, 5.41) is 8.56. The Kier molecular flexibility index (Phi) is 1.57. The van der Waals surface area contributed by atoms with E-state index in [1.807, 2.05) is 0 Å². The maximum absolute atomic E-state index is 8.56. The van der Waals surface area contributed by atoms with Crippen LogP contribution in [-0.4, -0.2) is 0 Å². The molecule has 0 saturated heterocycles. The van der Waals surface area contributed by atoms with Gasteiger partial charge in [-0.05, 0) is 19.3 Å². The Labute approximate surface area is 56.0 Å². The summed E-state index contributed by atoms with van der Waals surface area (Å²) in [7, 11) is 0. The Hall–Kier alpha value is -0.770. The van der Waals surface area contributed by atoms with Crippen molar-refractivity contribution < 1.29 is 0 Å². The van der Waals surface area contributed by atoms with E-state index in [4.69, 9.17) is 5.26 Å². The lowest BCUT2D eigenvalue weighted by Gasteiger charge is -2.02. The third-order valence-corrected chi connectivity index (χ3v) is 1.87. The van der Waals surface area contributed by atoms with Crippen LogP contribution in [0.5, 0.6) is 0 Å². The first-order chi connectivity index (χ1) is 4.24. The molecule has 0 bridgehead atoms. The lowest BCUT2D eigenvalue weighted by molar-refractivity contribution is 0.543. The molecular formula is C8H11N. The van der Waals surface area contributed by atoms with E-state index in [0.717, 1.165) is 6.42 Å². The normalized spacial score (nSPS) is 33.7. The van der Waals surface area contributed by atoms with E-state index in [1.165, 1.54) is 5.57 Å². The minimum Gasteiger partial charge on any atom is -0.198 e. The molecule has 1 nitrogen and oxygen atoms in total. The molecule has 0 aliphatic heterocycles. The summed E-state index contributed by atoms with van der Waals surface area (Å²) in [4.78, 5) is 0. The molecule has 0 N–H and O–H groups in total. The van der Waals surface area contributed by atoms with Gasteiger partial charge in [0, 0.05) is 0 Å². The van der Waals surface area contributed by atoms with Gasteiger partial charge in [-0.15, -0.1) is 0 Å². The Morgan fingerprint density at radius 2 is 2.44 bits per heavy atom. The van der Waals surface area contributed by atoms with E-state index in [2.05, 4.69) is 26.0 Å². The van der Waals surface area contributed by atoms with Gasteiger partial charge in [0.1, 0.15) is 0 Å². The second-order valence-corrected chi connectivity index (χ2v) is 2.85. The molecule has 0 radical (unpaired) electrons. The maximum atomic E-state index is 8.56. The van der Waals surface area contributed by atoms with E-state index in [9.17, 15) is 0 Å². The molecule has 0 aromatic heterocycles. The largest absolute Gasteiger partial charge is 0.198 e. The van der Waals surface area contributed by atoms with Crippen LogP contribution in [-0.2, 0) is 0 Å². The van der Waals surface area contributed by atoms with Gasteiger partial charge in [0.05, 0.1) is 12.0 Å². The fourth-order valence-electron chi connectivity index (χ4n) is 1.34. The molecule has 2 atom stereocenters. The van der Waals surface area contributed by atoms with Gasteiger partial charge in [-0.1, -0.05) is 18.6 Å². The highest BCUT2D eigenvalue weighted by atomic mass is 14.3. The maximum Gasteiger partial charge on any atom is 0.0700 e. The van der Waals surface area contributed by atoms with Crippen LogP contribution in [0.25, 0.3) is 0 Å². The molecule has 48 valence electrons. The van der Waals surface area contributed by atoms with Gasteiger partial charge < -0.3 is 0 Å². The molecule has 1 heteroatoms. The van der Waals surface area contributed by atoms with Crippen molar-refractivity contribution in [2.24, 2.45) is 11.8 Å². The monoisotopic (exact) mass is 121 g/mol. The van der Waals surface area contributed by atoms with Gasteiger partial charge in [0.15, 0.2) is 0 Å². The number of hydrogen-bond donors (Lipinski definition) is 0. The second-order valence-electron chi connectivity index (χ2n) is 2.85. The molecule has 0 saturated carbocycles. The highest BCUT2D eigenvalue weighted by molar-refractivity contribution is 5.16. The Balaban J connectivity index is 2.67. The quantitative estimate of drug-likeness (QED) is 0.450. The molecule has 1 rings (SSSR count). The second kappa shape index (κ2) is 2.23. The molecule has 0 heterocycles. The summed E-state index contributed by atoms with van der Waals surface area (Å²) < 4.78 is 0. The fourth-order valence-corrected chi connectivity index (χ4v) is 1.34. The van der Waals surface area contributed by atoms with E-state index in [1.54, 1.807) is 0 Å². The van der Waals surface area contributed by atoms with Crippen molar-refractivity contribution in [2.75, 3.05) is 0 Å². The summed E-state index contributed by atoms with van der Waals surface area (Å²) in [5.74, 6) is 0.736. The van der Waals surface area contributed by atoms with Crippen LogP contribution in [0.15, 0.2) is 11.6 Å². The minimum absolute atomic E-state index is 0.185. The van der Waals surface area contributed by atoms with Gasteiger partial charge in [0.25, 0.3) is 0 Å². The lowest BCUT2D eigenvalue weighted by Crippen LogP contribution is -1.99. The molecule has 1 aliphatic rings. The van der Waals surface area contributed by atoms with Crippen molar-refractivity contribution in [3.05, 3.63) is 11.6 Å². The van der Waals surface area contributed by atoms with Crippen LogP contribution in [0, 0.1) is 23.2 Å². The van der Waals surface area contributed by atoms with Crippen molar-refractivity contribution in [1.82, 2.24) is 0 Å². The number of nitrogens with zero attached hydrogens (tertiary/aromatic N) is 1. The minimum atomic E-state index is 0.185. The van der Waals surface area contributed by atoms with Gasteiger partial charge >= 0.3 is 0 Å². The predicted molar refractivity (Wildman–Crippen MR) is 36.6 cm³/mol. The molecular weight excluding hydrogens is 110 g/mol. The Bertz CT molecular complexity index is 173. The number of rotatable bonds is 0. The smallest absolute Gasteiger partial charge is 0.0700 e. The summed E-state index contributed by atoms with van der Waals surface area (Å²) in [5.41, 5.74) is 1.37. The zero-order valence-corrected chi connectivity index (χ0v) is 5.89. The highest BCUT2D eigenvalue weighted by Crippen LogP contribution is 2.28. The van der Waals surface area contributed by atoms with Crippen molar-refractivity contribution in [2.45, 2.75) is 20.3 Å². The van der Waals surface area contributed by atoms with E-state index < -0.39 is 0 Å². The highest BCUT2D eigenvalue weighted by Gasteiger charge is 2.20. The average molecular weight is 121 g/mol. The van der Waals surface area contributed by atoms with Crippen LogP contribution in [0.1, 0.15) is 20.3 Å². The lowest BCUT2D eigenvalue weighted by atomic mass is 9.99. The molecule has 0 amide bonds. The average Bonchev–Trinajstić information content (AvgIpc) is 2.10. The van der Waals surface area contributed by atoms with Gasteiger partial charge in [-0.3, -0.25) is 0 Å². The zero-order chi connectivity index (χ0) is 6.85. The van der Waals surface area contributed by atoms with Gasteiger partial charge in [-0.2, -0.15) is 5.26 Å². The fraction of sp³-hybridized carbons (Fsp3) is 0.625. The molecule has 0 fully saturated rings. The van der Waals surface area contributed by atoms with Crippen LogP contribution in [0.2, 0.25) is 0 Å². The Morgan fingerprint density at radius 3 is 2.67 bits per heavy atom. The summed E-state index contributed by atoms with van der Waals surface area (Å²) in [6.07, 6.45) is 3.18. The predicted octanol–water partition coefficient (Wildman–Crippen LogP) is 2.11. The van der Waals surface area contributed by atoms with Crippen molar-refractivity contribution in [1.29, 1.82) is 5.26 Å². The molecule has 0 spiro atoms. The van der Waals surface area contributed by atoms with Crippen LogP contribution < -0.4 is 0 Å². The van der Waals surface area contributed by atoms with Gasteiger partial charge in [0.2, 0.25) is 0 Å². The molecule has 0 aromatic carbocycles. The SMILES string of the molecule is CC1=CC(C#N)[C@@H](C)C1. The van der Waals surface area contributed by atoms with Crippen molar-refractivity contribution in [3.8, 4) is 6.07 Å². The summed E-state index contributed by atoms with van der Waals surface area (Å²) in [6, 6.07) is 2.27. The third-order valence-electron chi connectivity index (χ3n) is 1.87. The van der Waals surface area contributed by atoms with E-state index in [-0.39, 0.29) is 5.92 Å².